The average Bonchev–Trinajstić information content (AvgIpc) is 2.33. The van der Waals surface area contributed by atoms with E-state index in [-0.39, 0.29) is 12.5 Å². The van der Waals surface area contributed by atoms with Crippen molar-refractivity contribution in [1.82, 2.24) is 9.80 Å². The van der Waals surface area contributed by atoms with E-state index < -0.39 is 0 Å². The summed E-state index contributed by atoms with van der Waals surface area (Å²) in [6.45, 7) is 9.89. The molecule has 1 amide bonds. The van der Waals surface area contributed by atoms with Crippen LogP contribution in [0.2, 0.25) is 0 Å². The first kappa shape index (κ1) is 15.9. The molecule has 108 valence electrons. The molecule has 1 fully saturated rings. The third-order valence-corrected chi connectivity index (χ3v) is 3.58. The van der Waals surface area contributed by atoms with Crippen molar-refractivity contribution in [3.63, 3.8) is 0 Å². The van der Waals surface area contributed by atoms with Crippen LogP contribution in [0.3, 0.4) is 0 Å². The highest BCUT2D eigenvalue weighted by Crippen LogP contribution is 2.24. The maximum atomic E-state index is 12.3. The van der Waals surface area contributed by atoms with E-state index in [1.165, 1.54) is 19.3 Å². The van der Waals surface area contributed by atoms with Crippen LogP contribution < -0.4 is 0 Å². The summed E-state index contributed by atoms with van der Waals surface area (Å²) in [6, 6.07) is 0.518. The van der Waals surface area contributed by atoms with Gasteiger partial charge in [0, 0.05) is 32.3 Å². The molecule has 1 N–H and O–H groups in total. The fourth-order valence-corrected chi connectivity index (χ4v) is 2.28. The standard InChI is InChI=1S/C15H26N2O2/c1-3-9-16(10-4-2)15(19)13-17(11-6-12-18)14-7-5-8-14/h3-4,14,18H,1-2,5-13H2. The Morgan fingerprint density at radius 2 is 1.89 bits per heavy atom. The first-order valence-electron chi connectivity index (χ1n) is 7.07. The third-order valence-electron chi connectivity index (χ3n) is 3.58. The van der Waals surface area contributed by atoms with Gasteiger partial charge in [-0.2, -0.15) is 0 Å². The highest BCUT2D eigenvalue weighted by molar-refractivity contribution is 5.78. The van der Waals surface area contributed by atoms with Crippen LogP contribution in [0, 0.1) is 0 Å². The molecule has 1 aliphatic carbocycles. The second-order valence-electron chi connectivity index (χ2n) is 5.01. The Kier molecular flexibility index (Phi) is 7.45. The number of nitrogens with zero attached hydrogens (tertiary/aromatic N) is 2. The molecule has 0 aliphatic heterocycles. The summed E-state index contributed by atoms with van der Waals surface area (Å²) in [4.78, 5) is 16.2. The van der Waals surface area contributed by atoms with Crippen molar-refractivity contribution in [2.45, 2.75) is 31.7 Å². The van der Waals surface area contributed by atoms with Crippen molar-refractivity contribution in [3.8, 4) is 0 Å². The molecule has 0 heterocycles. The highest BCUT2D eigenvalue weighted by atomic mass is 16.3. The van der Waals surface area contributed by atoms with Gasteiger partial charge in [-0.05, 0) is 19.3 Å². The zero-order valence-electron chi connectivity index (χ0n) is 11.8. The minimum atomic E-state index is 0.115. The monoisotopic (exact) mass is 266 g/mol. The van der Waals surface area contributed by atoms with Crippen LogP contribution in [0.4, 0.5) is 0 Å². The van der Waals surface area contributed by atoms with Crippen LogP contribution in [0.15, 0.2) is 25.3 Å². The lowest BCUT2D eigenvalue weighted by atomic mass is 9.91. The number of aliphatic hydroxyl groups is 1. The fraction of sp³-hybridized carbons (Fsp3) is 0.667. The van der Waals surface area contributed by atoms with Crippen LogP contribution in [0.25, 0.3) is 0 Å². The Labute approximate surface area is 116 Å². The van der Waals surface area contributed by atoms with Crippen LogP contribution >= 0.6 is 0 Å². The maximum Gasteiger partial charge on any atom is 0.237 e. The Bertz CT molecular complexity index is 291. The fourth-order valence-electron chi connectivity index (χ4n) is 2.28. The van der Waals surface area contributed by atoms with E-state index in [9.17, 15) is 4.79 Å². The van der Waals surface area contributed by atoms with E-state index in [4.69, 9.17) is 5.11 Å². The summed E-state index contributed by atoms with van der Waals surface area (Å²) in [5.74, 6) is 0.115. The van der Waals surface area contributed by atoms with Gasteiger partial charge in [-0.1, -0.05) is 18.6 Å². The van der Waals surface area contributed by atoms with Gasteiger partial charge in [0.2, 0.25) is 5.91 Å². The topological polar surface area (TPSA) is 43.8 Å². The summed E-state index contributed by atoms with van der Waals surface area (Å²) in [5, 5.41) is 8.95. The molecule has 0 saturated heterocycles. The normalized spacial score (nSPS) is 15.1. The summed E-state index contributed by atoms with van der Waals surface area (Å²) in [7, 11) is 0. The molecule has 4 nitrogen and oxygen atoms in total. The Morgan fingerprint density at radius 1 is 1.26 bits per heavy atom. The molecule has 0 aromatic heterocycles. The first-order valence-corrected chi connectivity index (χ1v) is 7.07. The van der Waals surface area contributed by atoms with Gasteiger partial charge in [-0.25, -0.2) is 0 Å². The molecule has 0 unspecified atom stereocenters. The predicted octanol–water partition coefficient (Wildman–Crippen LogP) is 1.42. The molecule has 0 bridgehead atoms. The molecule has 0 radical (unpaired) electrons. The third kappa shape index (κ3) is 5.17. The van der Waals surface area contributed by atoms with Crippen molar-refractivity contribution in [3.05, 3.63) is 25.3 Å². The lowest BCUT2D eigenvalue weighted by Crippen LogP contribution is -2.47. The SMILES string of the molecule is C=CCN(CC=C)C(=O)CN(CCCO)C1CCC1. The van der Waals surface area contributed by atoms with Crippen molar-refractivity contribution in [2.75, 3.05) is 32.8 Å². The van der Waals surface area contributed by atoms with Crippen molar-refractivity contribution in [1.29, 1.82) is 0 Å². The smallest absolute Gasteiger partial charge is 0.237 e. The van der Waals surface area contributed by atoms with Gasteiger partial charge in [0.15, 0.2) is 0 Å². The summed E-state index contributed by atoms with van der Waals surface area (Å²) >= 11 is 0. The molecule has 19 heavy (non-hydrogen) atoms. The zero-order valence-corrected chi connectivity index (χ0v) is 11.8. The van der Waals surface area contributed by atoms with E-state index in [2.05, 4.69) is 18.1 Å². The molecular formula is C15H26N2O2. The number of carbonyl (C=O) groups excluding carboxylic acids is 1. The molecule has 0 aromatic rings. The number of hydrogen-bond donors (Lipinski definition) is 1. The van der Waals surface area contributed by atoms with Gasteiger partial charge >= 0.3 is 0 Å². The quantitative estimate of drug-likeness (QED) is 0.608. The average molecular weight is 266 g/mol. The molecule has 1 rings (SSSR count). The van der Waals surface area contributed by atoms with Gasteiger partial charge in [-0.15, -0.1) is 13.2 Å². The molecule has 1 saturated carbocycles. The van der Waals surface area contributed by atoms with E-state index in [1.54, 1.807) is 17.1 Å². The second-order valence-corrected chi connectivity index (χ2v) is 5.01. The lowest BCUT2D eigenvalue weighted by Gasteiger charge is -2.38. The number of carbonyl (C=O) groups is 1. The molecular weight excluding hydrogens is 240 g/mol. The number of amides is 1. The molecule has 0 spiro atoms. The molecule has 4 heteroatoms. The Hall–Kier alpha value is -1.13. The maximum absolute atomic E-state index is 12.3. The van der Waals surface area contributed by atoms with Gasteiger partial charge in [0.1, 0.15) is 0 Å². The molecule has 1 aliphatic rings. The van der Waals surface area contributed by atoms with Gasteiger partial charge in [0.25, 0.3) is 0 Å². The Morgan fingerprint density at radius 3 is 2.32 bits per heavy atom. The van der Waals surface area contributed by atoms with Crippen molar-refractivity contribution in [2.24, 2.45) is 0 Å². The molecule has 0 atom stereocenters. The van der Waals surface area contributed by atoms with E-state index >= 15 is 0 Å². The van der Waals surface area contributed by atoms with Gasteiger partial charge in [0.05, 0.1) is 6.54 Å². The lowest BCUT2D eigenvalue weighted by molar-refractivity contribution is -0.132. The van der Waals surface area contributed by atoms with Crippen LogP contribution in [-0.2, 0) is 4.79 Å². The summed E-state index contributed by atoms with van der Waals surface area (Å²) in [5.41, 5.74) is 0. The summed E-state index contributed by atoms with van der Waals surface area (Å²) < 4.78 is 0. The summed E-state index contributed by atoms with van der Waals surface area (Å²) in [6.07, 6.45) is 7.79. The minimum Gasteiger partial charge on any atom is -0.396 e. The largest absolute Gasteiger partial charge is 0.396 e. The zero-order chi connectivity index (χ0) is 14.1. The van der Waals surface area contributed by atoms with Gasteiger partial charge < -0.3 is 10.0 Å². The van der Waals surface area contributed by atoms with E-state index in [1.807, 2.05) is 0 Å². The van der Waals surface area contributed by atoms with Crippen LogP contribution in [0.1, 0.15) is 25.7 Å². The number of aliphatic hydroxyl groups excluding tert-OH is 1. The predicted molar refractivity (Wildman–Crippen MR) is 77.9 cm³/mol. The molecule has 0 aromatic carbocycles. The van der Waals surface area contributed by atoms with E-state index in [0.717, 1.165) is 13.0 Å². The van der Waals surface area contributed by atoms with Crippen LogP contribution in [-0.4, -0.2) is 59.6 Å². The van der Waals surface area contributed by atoms with Crippen molar-refractivity contribution >= 4 is 5.91 Å². The van der Waals surface area contributed by atoms with Crippen molar-refractivity contribution < 1.29 is 9.90 Å². The second kappa shape index (κ2) is 8.88. The van der Waals surface area contributed by atoms with Crippen LogP contribution in [0.5, 0.6) is 0 Å². The Balaban J connectivity index is 2.51. The number of hydrogen-bond acceptors (Lipinski definition) is 3. The van der Waals surface area contributed by atoms with E-state index in [0.29, 0.717) is 25.7 Å². The number of rotatable bonds is 10. The first-order chi connectivity index (χ1) is 9.22. The minimum absolute atomic E-state index is 0.115. The highest BCUT2D eigenvalue weighted by Gasteiger charge is 2.27. The van der Waals surface area contributed by atoms with Gasteiger partial charge in [-0.3, -0.25) is 9.69 Å².